The van der Waals surface area contributed by atoms with Crippen LogP contribution < -0.4 is 5.32 Å². The molecule has 0 aliphatic carbocycles. The number of hydrogen-bond acceptors (Lipinski definition) is 2. The normalized spacial score (nSPS) is 12.7. The fourth-order valence-electron chi connectivity index (χ4n) is 2.17. The molecule has 116 valence electrons. The van der Waals surface area contributed by atoms with E-state index in [1.54, 1.807) is 0 Å². The lowest BCUT2D eigenvalue weighted by atomic mass is 9.85. The third-order valence-corrected chi connectivity index (χ3v) is 3.87. The number of rotatable bonds is 5. The van der Waals surface area contributed by atoms with Gasteiger partial charge in [0.2, 0.25) is 0 Å². The van der Waals surface area contributed by atoms with Gasteiger partial charge in [0, 0.05) is 22.5 Å². The summed E-state index contributed by atoms with van der Waals surface area (Å²) in [5, 5.41) is 4.15. The predicted octanol–water partition coefficient (Wildman–Crippen LogP) is 5.50. The van der Waals surface area contributed by atoms with E-state index in [2.05, 4.69) is 5.32 Å². The van der Waals surface area contributed by atoms with E-state index in [1.165, 1.54) is 0 Å². The van der Waals surface area contributed by atoms with Crippen molar-refractivity contribution in [1.29, 1.82) is 0 Å². The molecule has 3 heteroatoms. The molecule has 1 unspecified atom stereocenters. The maximum absolute atomic E-state index is 12.4. The Morgan fingerprint density at radius 1 is 1.05 bits per heavy atom. The van der Waals surface area contributed by atoms with Crippen molar-refractivity contribution in [2.45, 2.75) is 33.2 Å². The van der Waals surface area contributed by atoms with E-state index in [4.69, 9.17) is 11.6 Å². The minimum atomic E-state index is -0.344. The zero-order valence-corrected chi connectivity index (χ0v) is 14.0. The summed E-state index contributed by atoms with van der Waals surface area (Å²) in [6, 6.07) is 17.5. The van der Waals surface area contributed by atoms with Crippen LogP contribution in [0.25, 0.3) is 0 Å². The first-order valence-electron chi connectivity index (χ1n) is 7.46. The summed E-state index contributed by atoms with van der Waals surface area (Å²) in [4.78, 5) is 12.4. The van der Waals surface area contributed by atoms with Crippen molar-refractivity contribution in [2.24, 2.45) is 5.41 Å². The minimum absolute atomic E-state index is 0.0635. The predicted molar refractivity (Wildman–Crippen MR) is 93.3 cm³/mol. The van der Waals surface area contributed by atoms with Crippen molar-refractivity contribution in [1.82, 2.24) is 0 Å². The lowest BCUT2D eigenvalue weighted by molar-refractivity contribution is -0.126. The third kappa shape index (κ3) is 4.60. The number of Topliss-reactive ketones (excluding diaryl/α,β-unsaturated/α-hetero) is 1. The van der Waals surface area contributed by atoms with Gasteiger partial charge < -0.3 is 5.32 Å². The fraction of sp³-hybridized carbons (Fsp3) is 0.316. The van der Waals surface area contributed by atoms with Gasteiger partial charge in [-0.05, 0) is 29.8 Å². The van der Waals surface area contributed by atoms with Crippen molar-refractivity contribution < 1.29 is 4.79 Å². The molecule has 0 bridgehead atoms. The van der Waals surface area contributed by atoms with Crippen LogP contribution in [0.5, 0.6) is 0 Å². The summed E-state index contributed by atoms with van der Waals surface area (Å²) in [5.74, 6) is 0.232. The van der Waals surface area contributed by atoms with Crippen LogP contribution in [0.1, 0.15) is 38.8 Å². The topological polar surface area (TPSA) is 29.1 Å². The summed E-state index contributed by atoms with van der Waals surface area (Å²) in [5.41, 5.74) is 1.72. The van der Waals surface area contributed by atoms with Gasteiger partial charge in [-0.25, -0.2) is 0 Å². The van der Waals surface area contributed by atoms with Gasteiger partial charge in [0.15, 0.2) is 0 Å². The molecule has 1 N–H and O–H groups in total. The number of hydrogen-bond donors (Lipinski definition) is 1. The molecule has 2 aromatic carbocycles. The number of nitrogens with one attached hydrogen (secondary N) is 1. The van der Waals surface area contributed by atoms with E-state index < -0.39 is 0 Å². The third-order valence-electron chi connectivity index (χ3n) is 3.61. The number of anilines is 1. The second-order valence-electron chi connectivity index (χ2n) is 6.49. The molecule has 0 aromatic heterocycles. The van der Waals surface area contributed by atoms with Crippen LogP contribution in [0.2, 0.25) is 5.02 Å². The van der Waals surface area contributed by atoms with E-state index in [-0.39, 0.29) is 17.2 Å². The Bertz CT molecular complexity index is 614. The molecule has 0 heterocycles. The highest BCUT2D eigenvalue weighted by Gasteiger charge is 2.25. The largest absolute Gasteiger partial charge is 0.378 e. The highest BCUT2D eigenvalue weighted by molar-refractivity contribution is 6.30. The summed E-state index contributed by atoms with van der Waals surface area (Å²) < 4.78 is 0. The number of carbonyl (C=O) groups is 1. The van der Waals surface area contributed by atoms with Crippen LogP contribution in [0.3, 0.4) is 0 Å². The average molecular weight is 316 g/mol. The molecule has 0 amide bonds. The van der Waals surface area contributed by atoms with Crippen LogP contribution in [0.4, 0.5) is 5.69 Å². The van der Waals surface area contributed by atoms with Crippen molar-refractivity contribution >= 4 is 23.1 Å². The quantitative estimate of drug-likeness (QED) is 0.789. The van der Waals surface area contributed by atoms with Crippen LogP contribution >= 0.6 is 11.6 Å². The zero-order chi connectivity index (χ0) is 16.2. The first-order valence-corrected chi connectivity index (χ1v) is 7.84. The number of ketones is 1. The Balaban J connectivity index is 2.24. The molecule has 1 atom stereocenters. The highest BCUT2D eigenvalue weighted by Crippen LogP contribution is 2.28. The van der Waals surface area contributed by atoms with Gasteiger partial charge in [0.1, 0.15) is 5.78 Å². The number of carbonyl (C=O) groups excluding carboxylic acids is 1. The Morgan fingerprint density at radius 3 is 2.18 bits per heavy atom. The van der Waals surface area contributed by atoms with Crippen molar-refractivity contribution in [3.63, 3.8) is 0 Å². The molecule has 0 spiro atoms. The monoisotopic (exact) mass is 315 g/mol. The molecule has 0 aliphatic rings. The molecule has 0 aliphatic heterocycles. The van der Waals surface area contributed by atoms with Gasteiger partial charge in [-0.15, -0.1) is 0 Å². The maximum Gasteiger partial charge on any atom is 0.140 e. The Labute approximate surface area is 137 Å². The number of benzene rings is 2. The van der Waals surface area contributed by atoms with Crippen LogP contribution in [0, 0.1) is 5.41 Å². The lowest BCUT2D eigenvalue weighted by Gasteiger charge is -2.24. The van der Waals surface area contributed by atoms with Crippen LogP contribution in [-0.2, 0) is 4.79 Å². The summed E-state index contributed by atoms with van der Waals surface area (Å²) in [6.07, 6.45) is 0.444. The summed E-state index contributed by atoms with van der Waals surface area (Å²) in [6.45, 7) is 5.87. The molecular weight excluding hydrogens is 294 g/mol. The van der Waals surface area contributed by atoms with Crippen molar-refractivity contribution in [3.05, 3.63) is 65.2 Å². The minimum Gasteiger partial charge on any atom is -0.378 e. The van der Waals surface area contributed by atoms with Gasteiger partial charge in [0.25, 0.3) is 0 Å². The lowest BCUT2D eigenvalue weighted by Crippen LogP contribution is -2.25. The van der Waals surface area contributed by atoms with Gasteiger partial charge in [-0.1, -0.05) is 62.7 Å². The molecule has 0 saturated carbocycles. The van der Waals surface area contributed by atoms with Crippen LogP contribution in [-0.4, -0.2) is 5.78 Å². The summed E-state index contributed by atoms with van der Waals surface area (Å²) in [7, 11) is 0. The molecule has 2 aromatic rings. The molecule has 0 saturated heterocycles. The Kier molecular flexibility index (Phi) is 5.25. The van der Waals surface area contributed by atoms with Crippen LogP contribution in [0.15, 0.2) is 54.6 Å². The average Bonchev–Trinajstić information content (AvgIpc) is 2.47. The molecule has 0 fully saturated rings. The van der Waals surface area contributed by atoms with E-state index >= 15 is 0 Å². The number of para-hydroxylation sites is 1. The van der Waals surface area contributed by atoms with Gasteiger partial charge >= 0.3 is 0 Å². The van der Waals surface area contributed by atoms with Crippen molar-refractivity contribution in [2.75, 3.05) is 5.32 Å². The van der Waals surface area contributed by atoms with Gasteiger partial charge in [-0.2, -0.15) is 0 Å². The molecular formula is C19H22ClNO. The van der Waals surface area contributed by atoms with Crippen molar-refractivity contribution in [3.8, 4) is 0 Å². The van der Waals surface area contributed by atoms with E-state index in [1.807, 2.05) is 75.4 Å². The Hall–Kier alpha value is -1.80. The van der Waals surface area contributed by atoms with E-state index in [9.17, 15) is 4.79 Å². The first kappa shape index (κ1) is 16.6. The molecule has 2 rings (SSSR count). The molecule has 0 radical (unpaired) electrons. The standard InChI is InChI=1S/C19H22ClNO/c1-19(2,3)18(22)13-17(14-9-11-15(20)12-10-14)21-16-7-5-4-6-8-16/h4-12,17,21H,13H2,1-3H3. The Morgan fingerprint density at radius 2 is 1.64 bits per heavy atom. The van der Waals surface area contributed by atoms with Gasteiger partial charge in [0.05, 0.1) is 6.04 Å². The number of halogens is 1. The zero-order valence-electron chi connectivity index (χ0n) is 13.3. The second-order valence-corrected chi connectivity index (χ2v) is 6.93. The van der Waals surface area contributed by atoms with E-state index in [0.717, 1.165) is 11.3 Å². The SMILES string of the molecule is CC(C)(C)C(=O)CC(Nc1ccccc1)c1ccc(Cl)cc1. The summed E-state index contributed by atoms with van der Waals surface area (Å²) >= 11 is 5.97. The van der Waals surface area contributed by atoms with Gasteiger partial charge in [-0.3, -0.25) is 4.79 Å². The highest BCUT2D eigenvalue weighted by atomic mass is 35.5. The fourth-order valence-corrected chi connectivity index (χ4v) is 2.30. The maximum atomic E-state index is 12.4. The second kappa shape index (κ2) is 6.97. The smallest absolute Gasteiger partial charge is 0.140 e. The van der Waals surface area contributed by atoms with E-state index in [0.29, 0.717) is 11.4 Å². The first-order chi connectivity index (χ1) is 10.4. The molecule has 2 nitrogen and oxygen atoms in total. The molecule has 22 heavy (non-hydrogen) atoms.